The number of hydrogen-bond acceptors (Lipinski definition) is 0. The maximum absolute atomic E-state index is 9.87. The van der Waals surface area contributed by atoms with Crippen LogP contribution in [0.4, 0.5) is 0 Å². The van der Waals surface area contributed by atoms with E-state index in [4.69, 9.17) is 0 Å². The molecule has 0 atom stereocenters. The lowest BCUT2D eigenvalue weighted by Crippen LogP contribution is -1.71. The van der Waals surface area contributed by atoms with E-state index in [1.54, 1.807) is 6.08 Å². The second-order valence-corrected chi connectivity index (χ2v) is 2.54. The normalized spacial score (nSPS) is 11.7. The van der Waals surface area contributed by atoms with E-state index >= 15 is 0 Å². The summed E-state index contributed by atoms with van der Waals surface area (Å²) in [6, 6.07) is 0. The summed E-state index contributed by atoms with van der Waals surface area (Å²) in [5.74, 6) is 0. The van der Waals surface area contributed by atoms with Crippen LogP contribution in [-0.4, -0.2) is 0 Å². The average Bonchev–Trinajstić information content (AvgIpc) is 2.03. The Morgan fingerprint density at radius 1 is 1.00 bits per heavy atom. The van der Waals surface area contributed by atoms with Crippen LogP contribution in [0, 0.1) is 0 Å². The van der Waals surface area contributed by atoms with Crippen molar-refractivity contribution in [2.24, 2.45) is 0 Å². The third-order valence-electron chi connectivity index (χ3n) is 1.49. The molecule has 0 N–H and O–H groups in total. The molecule has 0 aromatic carbocycles. The van der Waals surface area contributed by atoms with Gasteiger partial charge in [-0.15, -0.1) is 0 Å². The largest absolute Gasteiger partial charge is 0.299 e. The van der Waals surface area contributed by atoms with E-state index in [1.807, 2.05) is 0 Å². The van der Waals surface area contributed by atoms with Gasteiger partial charge < -0.3 is 0 Å². The van der Waals surface area contributed by atoms with Gasteiger partial charge in [-0.3, -0.25) is 5.11 Å². The Kier molecular flexibility index (Phi) is 8.67. The first-order valence-electron chi connectivity index (χ1n) is 4.33. The third kappa shape index (κ3) is 9.28. The van der Waals surface area contributed by atoms with Gasteiger partial charge in [0.05, 0.1) is 0 Å². The molecule has 1 heteroatoms. The van der Waals surface area contributed by atoms with E-state index in [2.05, 4.69) is 19.1 Å². The second-order valence-electron chi connectivity index (χ2n) is 2.54. The van der Waals surface area contributed by atoms with E-state index in [-0.39, 0.29) is 0 Å². The monoisotopic (exact) mass is 153 g/mol. The van der Waals surface area contributed by atoms with Gasteiger partial charge in [0, 0.05) is 0 Å². The van der Waals surface area contributed by atoms with Gasteiger partial charge in [0.1, 0.15) is 6.26 Å². The fourth-order valence-corrected chi connectivity index (χ4v) is 0.877. The summed E-state index contributed by atoms with van der Waals surface area (Å²) in [6.07, 6.45) is 12.5. The average molecular weight is 153 g/mol. The summed E-state index contributed by atoms with van der Waals surface area (Å²) >= 11 is 0. The highest BCUT2D eigenvalue weighted by atomic mass is 16.2. The first kappa shape index (κ1) is 10.3. The summed E-state index contributed by atoms with van der Waals surface area (Å²) < 4.78 is 0. The quantitative estimate of drug-likeness (QED) is 0.316. The molecule has 1 radical (unpaired) electrons. The van der Waals surface area contributed by atoms with Gasteiger partial charge >= 0.3 is 0 Å². The number of unbranched alkanes of at least 4 members (excludes halogenated alkanes) is 3. The Labute approximate surface area is 69.4 Å². The molecule has 0 aliphatic rings. The summed E-state index contributed by atoms with van der Waals surface area (Å²) in [7, 11) is 0. The SMILES string of the molecule is CCC=CCCCCC=C[O]. The highest BCUT2D eigenvalue weighted by Gasteiger charge is 1.82. The first-order chi connectivity index (χ1) is 5.41. The summed E-state index contributed by atoms with van der Waals surface area (Å²) in [6.45, 7) is 2.14. The molecule has 0 aromatic heterocycles. The summed E-state index contributed by atoms with van der Waals surface area (Å²) in [5.41, 5.74) is 0. The Morgan fingerprint density at radius 3 is 2.18 bits per heavy atom. The topological polar surface area (TPSA) is 19.9 Å². The van der Waals surface area contributed by atoms with Gasteiger partial charge in [0.2, 0.25) is 0 Å². The second kappa shape index (κ2) is 9.28. The molecule has 1 nitrogen and oxygen atoms in total. The van der Waals surface area contributed by atoms with Crippen LogP contribution in [0.5, 0.6) is 0 Å². The molecule has 0 spiro atoms. The molecule has 0 rings (SSSR count). The molecule has 0 aromatic rings. The Bertz CT molecular complexity index is 114. The standard InChI is InChI=1S/C10H17O/c1-2-3-4-5-6-7-8-9-10-11/h3-4,9-10H,2,5-8H2,1H3. The zero-order valence-electron chi connectivity index (χ0n) is 7.25. The lowest BCUT2D eigenvalue weighted by molar-refractivity contribution is 0.349. The van der Waals surface area contributed by atoms with E-state index in [9.17, 15) is 5.11 Å². The molecule has 0 aliphatic carbocycles. The predicted molar refractivity (Wildman–Crippen MR) is 47.7 cm³/mol. The molecule has 0 heterocycles. The van der Waals surface area contributed by atoms with Gasteiger partial charge in [0.25, 0.3) is 0 Å². The number of hydrogen-bond donors (Lipinski definition) is 0. The predicted octanol–water partition coefficient (Wildman–Crippen LogP) is 3.46. The summed E-state index contributed by atoms with van der Waals surface area (Å²) in [4.78, 5) is 0. The van der Waals surface area contributed by atoms with Gasteiger partial charge in [0.15, 0.2) is 0 Å². The van der Waals surface area contributed by atoms with Crippen molar-refractivity contribution in [3.8, 4) is 0 Å². The first-order valence-corrected chi connectivity index (χ1v) is 4.33. The van der Waals surface area contributed by atoms with Crippen molar-refractivity contribution in [1.29, 1.82) is 0 Å². The molecule has 0 saturated carbocycles. The molecule has 0 bridgehead atoms. The fraction of sp³-hybridized carbons (Fsp3) is 0.600. The number of rotatable bonds is 6. The van der Waals surface area contributed by atoms with Crippen LogP contribution in [0.1, 0.15) is 39.0 Å². The third-order valence-corrected chi connectivity index (χ3v) is 1.49. The maximum Gasteiger partial charge on any atom is 0.138 e. The molecule has 0 unspecified atom stereocenters. The Morgan fingerprint density at radius 2 is 1.64 bits per heavy atom. The zero-order valence-corrected chi connectivity index (χ0v) is 7.25. The minimum atomic E-state index is 0.877. The van der Waals surface area contributed by atoms with E-state index < -0.39 is 0 Å². The van der Waals surface area contributed by atoms with Crippen molar-refractivity contribution >= 4 is 0 Å². The minimum Gasteiger partial charge on any atom is -0.299 e. The van der Waals surface area contributed by atoms with Crippen molar-refractivity contribution in [1.82, 2.24) is 0 Å². The van der Waals surface area contributed by atoms with E-state index in [0.29, 0.717) is 0 Å². The summed E-state index contributed by atoms with van der Waals surface area (Å²) in [5, 5.41) is 9.87. The fourth-order valence-electron chi connectivity index (χ4n) is 0.877. The van der Waals surface area contributed by atoms with Crippen LogP contribution in [0.2, 0.25) is 0 Å². The van der Waals surface area contributed by atoms with Crippen molar-refractivity contribution in [2.45, 2.75) is 39.0 Å². The van der Waals surface area contributed by atoms with Crippen molar-refractivity contribution in [3.05, 3.63) is 24.5 Å². The maximum atomic E-state index is 9.87. The van der Waals surface area contributed by atoms with Crippen LogP contribution >= 0.6 is 0 Å². The molecular formula is C10H17O. The lowest BCUT2D eigenvalue weighted by atomic mass is 10.2. The highest BCUT2D eigenvalue weighted by Crippen LogP contribution is 2.01. The molecule has 0 amide bonds. The van der Waals surface area contributed by atoms with Gasteiger partial charge in [-0.1, -0.05) is 19.1 Å². The van der Waals surface area contributed by atoms with E-state index in [1.165, 1.54) is 6.42 Å². The zero-order chi connectivity index (χ0) is 8.36. The Hall–Kier alpha value is -0.720. The van der Waals surface area contributed by atoms with Crippen molar-refractivity contribution in [3.63, 3.8) is 0 Å². The molecule has 0 fully saturated rings. The van der Waals surface area contributed by atoms with Gasteiger partial charge in [-0.05, 0) is 38.2 Å². The Balaban J connectivity index is 2.96. The van der Waals surface area contributed by atoms with Crippen LogP contribution in [0.15, 0.2) is 24.5 Å². The molecule has 0 saturated heterocycles. The molecule has 11 heavy (non-hydrogen) atoms. The van der Waals surface area contributed by atoms with Crippen LogP contribution in [0.25, 0.3) is 0 Å². The van der Waals surface area contributed by atoms with Crippen molar-refractivity contribution in [2.75, 3.05) is 0 Å². The van der Waals surface area contributed by atoms with Gasteiger partial charge in [-0.2, -0.15) is 0 Å². The van der Waals surface area contributed by atoms with Crippen molar-refractivity contribution < 1.29 is 5.11 Å². The van der Waals surface area contributed by atoms with E-state index in [0.717, 1.165) is 31.9 Å². The lowest BCUT2D eigenvalue weighted by Gasteiger charge is -1.90. The molecular weight excluding hydrogens is 136 g/mol. The van der Waals surface area contributed by atoms with Crippen LogP contribution in [-0.2, 0) is 5.11 Å². The highest BCUT2D eigenvalue weighted by molar-refractivity contribution is 4.80. The molecule has 0 aliphatic heterocycles. The molecule has 63 valence electrons. The smallest absolute Gasteiger partial charge is 0.138 e. The minimum absolute atomic E-state index is 0.877. The number of allylic oxidation sites excluding steroid dienone is 3. The van der Waals surface area contributed by atoms with Gasteiger partial charge in [-0.25, -0.2) is 0 Å². The van der Waals surface area contributed by atoms with Crippen LogP contribution < -0.4 is 0 Å². The van der Waals surface area contributed by atoms with Crippen LogP contribution in [0.3, 0.4) is 0 Å².